The van der Waals surface area contributed by atoms with Crippen LogP contribution in [0.5, 0.6) is 5.75 Å². The predicted octanol–water partition coefficient (Wildman–Crippen LogP) is 4.10. The van der Waals surface area contributed by atoms with Crippen molar-refractivity contribution >= 4 is 44.4 Å². The maximum absolute atomic E-state index is 13.4. The van der Waals surface area contributed by atoms with E-state index in [-0.39, 0.29) is 50.7 Å². The summed E-state index contributed by atoms with van der Waals surface area (Å²) in [7, 11) is 0. The van der Waals surface area contributed by atoms with Gasteiger partial charge in [0.1, 0.15) is 17.3 Å². The lowest BCUT2D eigenvalue weighted by Gasteiger charge is -2.35. The minimum atomic E-state index is -1.49. The van der Waals surface area contributed by atoms with Crippen LogP contribution in [-0.2, 0) is 11.2 Å². The molecule has 1 aromatic carbocycles. The second kappa shape index (κ2) is 11.3. The Bertz CT molecular complexity index is 975. The summed E-state index contributed by atoms with van der Waals surface area (Å²) < 4.78 is 45.6. The third-order valence-corrected chi connectivity index (χ3v) is 5.94. The van der Waals surface area contributed by atoms with Crippen molar-refractivity contribution in [3.63, 3.8) is 0 Å². The number of anilines is 2. The number of carbonyl (C=O) groups excluding carboxylic acids is 1. The van der Waals surface area contributed by atoms with E-state index in [9.17, 15) is 18.0 Å². The van der Waals surface area contributed by atoms with Gasteiger partial charge in [0.2, 0.25) is 5.91 Å². The molecule has 2 aliphatic rings. The van der Waals surface area contributed by atoms with Gasteiger partial charge in [-0.15, -0.1) is 0 Å². The number of fused-ring (bicyclic) bond motifs is 1. The van der Waals surface area contributed by atoms with Gasteiger partial charge in [-0.1, -0.05) is 0 Å². The van der Waals surface area contributed by atoms with Crippen LogP contribution in [-0.4, -0.2) is 41.6 Å². The fraction of sp³-hybridized carbons (Fsp3) is 0.500. The zero-order chi connectivity index (χ0) is 22.1. The maximum Gasteiger partial charge on any atom is 0.246 e. The van der Waals surface area contributed by atoms with Crippen molar-refractivity contribution in [3.05, 3.63) is 41.6 Å². The third kappa shape index (κ3) is 5.68. The first-order valence-corrected chi connectivity index (χ1v) is 10.6. The lowest BCUT2D eigenvalue weighted by atomic mass is 10.0. The van der Waals surface area contributed by atoms with Crippen LogP contribution in [0.15, 0.2) is 18.3 Å². The van der Waals surface area contributed by atoms with Crippen molar-refractivity contribution < 1.29 is 22.7 Å². The van der Waals surface area contributed by atoms with E-state index in [2.05, 4.69) is 4.98 Å². The van der Waals surface area contributed by atoms with E-state index in [1.165, 1.54) is 0 Å². The van der Waals surface area contributed by atoms with Gasteiger partial charge in [0.25, 0.3) is 0 Å². The minimum Gasteiger partial charge on any atom is -0.490 e. The monoisotopic (exact) mass is 502 g/mol. The fourth-order valence-electron chi connectivity index (χ4n) is 4.36. The molecule has 1 fully saturated rings. The first-order valence-electron chi connectivity index (χ1n) is 10.6. The zero-order valence-electron chi connectivity index (χ0n) is 18.6. The highest BCUT2D eigenvalue weighted by molar-refractivity contribution is 7.59. The molecule has 6 nitrogen and oxygen atoms in total. The van der Waals surface area contributed by atoms with Gasteiger partial charge in [0.15, 0.2) is 23.3 Å². The smallest absolute Gasteiger partial charge is 0.246 e. The number of hydrogen-bond acceptors (Lipinski definition) is 5. The van der Waals surface area contributed by atoms with Crippen molar-refractivity contribution in [3.8, 4) is 5.75 Å². The van der Waals surface area contributed by atoms with Crippen LogP contribution in [0.25, 0.3) is 0 Å². The summed E-state index contributed by atoms with van der Waals surface area (Å²) >= 11 is 0. The molecule has 0 bridgehead atoms. The molecule has 0 saturated heterocycles. The van der Waals surface area contributed by atoms with Crippen LogP contribution in [0.3, 0.4) is 0 Å². The molecule has 2 heterocycles. The number of aromatic nitrogens is 2. The molecular formula is C22H29F3N4O2S2. The molecule has 182 valence electrons. The molecule has 1 aliphatic carbocycles. The zero-order valence-corrected chi connectivity index (χ0v) is 20.6. The van der Waals surface area contributed by atoms with E-state index in [0.717, 1.165) is 36.5 Å². The number of benzene rings is 1. The number of likely N-dealkylation sites (N-methyl/N-ethyl adjacent to an activating group) is 2. The van der Waals surface area contributed by atoms with E-state index < -0.39 is 17.5 Å². The summed E-state index contributed by atoms with van der Waals surface area (Å²) in [5.74, 6) is -2.23. The average molecular weight is 503 g/mol. The van der Waals surface area contributed by atoms with Crippen molar-refractivity contribution in [1.29, 1.82) is 0 Å². The Morgan fingerprint density at radius 1 is 1.09 bits per heavy atom. The molecule has 2 aromatic rings. The fourth-order valence-corrected chi connectivity index (χ4v) is 4.36. The van der Waals surface area contributed by atoms with E-state index in [0.29, 0.717) is 38.3 Å². The molecule has 1 saturated carbocycles. The Morgan fingerprint density at radius 3 is 2.42 bits per heavy atom. The molecule has 2 atom stereocenters. The number of amides is 1. The molecule has 1 amide bonds. The van der Waals surface area contributed by atoms with Crippen LogP contribution in [0.4, 0.5) is 24.7 Å². The van der Waals surface area contributed by atoms with Gasteiger partial charge in [-0.05, 0) is 39.0 Å². The van der Waals surface area contributed by atoms with E-state index in [1.54, 1.807) is 11.1 Å². The van der Waals surface area contributed by atoms with Crippen LogP contribution < -0.4 is 14.5 Å². The molecule has 11 heteroatoms. The van der Waals surface area contributed by atoms with Gasteiger partial charge in [0, 0.05) is 31.6 Å². The number of hydrogen-bond donors (Lipinski definition) is 0. The van der Waals surface area contributed by atoms with Gasteiger partial charge in [-0.2, -0.15) is 27.0 Å². The Morgan fingerprint density at radius 2 is 1.79 bits per heavy atom. The molecule has 0 unspecified atom stereocenters. The molecule has 1 aliphatic heterocycles. The van der Waals surface area contributed by atoms with E-state index in [4.69, 9.17) is 9.72 Å². The second-order valence-electron chi connectivity index (χ2n) is 7.97. The summed E-state index contributed by atoms with van der Waals surface area (Å²) in [5, 5.41) is 0. The highest BCUT2D eigenvalue weighted by Crippen LogP contribution is 2.34. The molecular weight excluding hydrogens is 473 g/mol. The van der Waals surface area contributed by atoms with Crippen LogP contribution >= 0.6 is 27.0 Å². The normalized spacial score (nSPS) is 19.6. The topological polar surface area (TPSA) is 58.6 Å². The molecule has 4 rings (SSSR count). The van der Waals surface area contributed by atoms with E-state index in [1.807, 2.05) is 18.7 Å². The first kappa shape index (κ1) is 27.1. The Kier molecular flexibility index (Phi) is 9.30. The SMILES string of the molecule is CCN1CC(=O)N(CC)c2cnc(C[C@H]3CC[C@H](Oc4cc(F)c(F)c(F)c4)C3)nc21.S.S. The summed E-state index contributed by atoms with van der Waals surface area (Å²) in [6.07, 6.45) is 4.46. The quantitative estimate of drug-likeness (QED) is 0.557. The first-order chi connectivity index (χ1) is 14.9. The molecule has 0 N–H and O–H groups in total. The standard InChI is InChI=1S/C22H25F3N4O2.2H2S/c1-3-28-12-20(30)29(4-2)18-11-26-19(27-22(18)28)8-13-5-6-14(7-13)31-15-9-16(23)21(25)17(24)10-15;;/h9-11,13-14H,3-8,12H2,1-2H3;2*1H2/t13-,14-;;/m0../s1. The van der Waals surface area contributed by atoms with Gasteiger partial charge >= 0.3 is 0 Å². The molecule has 0 radical (unpaired) electrons. The number of ether oxygens (including phenoxy) is 1. The molecule has 0 spiro atoms. The number of carbonyl (C=O) groups is 1. The van der Waals surface area contributed by atoms with Gasteiger partial charge in [-0.25, -0.2) is 23.1 Å². The van der Waals surface area contributed by atoms with Crippen LogP contribution in [0.2, 0.25) is 0 Å². The maximum atomic E-state index is 13.4. The summed E-state index contributed by atoms with van der Waals surface area (Å²) in [6.45, 7) is 5.46. The second-order valence-corrected chi connectivity index (χ2v) is 7.97. The lowest BCUT2D eigenvalue weighted by molar-refractivity contribution is -0.117. The Hall–Kier alpha value is -2.14. The minimum absolute atomic E-state index is 0. The van der Waals surface area contributed by atoms with Crippen molar-refractivity contribution in [2.75, 3.05) is 29.4 Å². The van der Waals surface area contributed by atoms with Crippen LogP contribution in [0, 0.1) is 23.4 Å². The third-order valence-electron chi connectivity index (χ3n) is 5.94. The lowest BCUT2D eigenvalue weighted by Crippen LogP contribution is -2.46. The average Bonchev–Trinajstić information content (AvgIpc) is 3.18. The highest BCUT2D eigenvalue weighted by atomic mass is 32.1. The Labute approximate surface area is 205 Å². The summed E-state index contributed by atoms with van der Waals surface area (Å²) in [6, 6.07) is 1.75. The van der Waals surface area contributed by atoms with Crippen LogP contribution in [0.1, 0.15) is 38.9 Å². The van der Waals surface area contributed by atoms with Crippen molar-refractivity contribution in [2.45, 2.75) is 45.6 Å². The number of nitrogens with zero attached hydrogens (tertiary/aromatic N) is 4. The largest absolute Gasteiger partial charge is 0.490 e. The predicted molar refractivity (Wildman–Crippen MR) is 130 cm³/mol. The van der Waals surface area contributed by atoms with Crippen molar-refractivity contribution in [2.24, 2.45) is 5.92 Å². The summed E-state index contributed by atoms with van der Waals surface area (Å²) in [5.41, 5.74) is 0.734. The van der Waals surface area contributed by atoms with E-state index >= 15 is 0 Å². The Balaban J connectivity index is 0.00000193. The summed E-state index contributed by atoms with van der Waals surface area (Å²) in [4.78, 5) is 25.2. The number of rotatable bonds is 6. The highest BCUT2D eigenvalue weighted by Gasteiger charge is 2.31. The molecule has 1 aromatic heterocycles. The van der Waals surface area contributed by atoms with Crippen molar-refractivity contribution in [1.82, 2.24) is 9.97 Å². The van der Waals surface area contributed by atoms with Gasteiger partial charge in [0.05, 0.1) is 18.8 Å². The van der Waals surface area contributed by atoms with Gasteiger partial charge in [-0.3, -0.25) is 4.79 Å². The molecule has 33 heavy (non-hydrogen) atoms. The van der Waals surface area contributed by atoms with Gasteiger partial charge < -0.3 is 14.5 Å². The number of halogens is 3.